The molecule has 7 nitrogen and oxygen atoms in total. The van der Waals surface area contributed by atoms with Crippen LogP contribution in [0.25, 0.3) is 5.13 Å². The summed E-state index contributed by atoms with van der Waals surface area (Å²) < 4.78 is 7.56. The molecule has 1 amide bonds. The van der Waals surface area contributed by atoms with E-state index in [2.05, 4.69) is 27.4 Å². The molecule has 1 fully saturated rings. The number of nitrogens with one attached hydrogen (secondary N) is 1. The number of aromatic nitrogens is 4. The van der Waals surface area contributed by atoms with Gasteiger partial charge in [0.05, 0.1) is 5.69 Å². The van der Waals surface area contributed by atoms with Crippen LogP contribution in [0.3, 0.4) is 0 Å². The first-order valence-electron chi connectivity index (χ1n) is 9.14. The van der Waals surface area contributed by atoms with Crippen LogP contribution < -0.4 is 5.32 Å². The molecule has 142 valence electrons. The van der Waals surface area contributed by atoms with E-state index >= 15 is 0 Å². The monoisotopic (exact) mass is 403 g/mol. The number of rotatable bonds is 7. The molecule has 0 aliphatic carbocycles. The molecule has 27 heavy (non-hydrogen) atoms. The minimum Gasteiger partial charge on any atom is -0.371 e. The molecular formula is C18H21N5O2S2. The SMILES string of the molecule is CCCCc1nc(-n2cccc2)sc1C(=O)Nc1nnc([C@@H]2CCCO2)s1. The maximum Gasteiger partial charge on any atom is 0.269 e. The predicted octanol–water partition coefficient (Wildman–Crippen LogP) is 4.23. The van der Waals surface area contributed by atoms with Crippen LogP contribution in [-0.4, -0.2) is 32.3 Å². The Morgan fingerprint density at radius 1 is 1.33 bits per heavy atom. The summed E-state index contributed by atoms with van der Waals surface area (Å²) in [6, 6.07) is 3.89. The number of hydrogen-bond acceptors (Lipinski definition) is 7. The molecule has 3 aromatic rings. The van der Waals surface area contributed by atoms with E-state index in [0.717, 1.165) is 54.5 Å². The van der Waals surface area contributed by atoms with Crippen molar-refractivity contribution in [1.82, 2.24) is 19.7 Å². The molecule has 4 heterocycles. The number of carbonyl (C=O) groups is 1. The number of carbonyl (C=O) groups excluding carboxylic acids is 1. The van der Waals surface area contributed by atoms with E-state index < -0.39 is 0 Å². The summed E-state index contributed by atoms with van der Waals surface area (Å²) in [6.45, 7) is 2.89. The van der Waals surface area contributed by atoms with E-state index in [0.29, 0.717) is 10.0 Å². The van der Waals surface area contributed by atoms with E-state index in [4.69, 9.17) is 4.74 Å². The van der Waals surface area contributed by atoms with Gasteiger partial charge in [0.15, 0.2) is 5.13 Å². The number of thiazole rings is 1. The van der Waals surface area contributed by atoms with Crippen molar-refractivity contribution in [3.8, 4) is 5.13 Å². The summed E-state index contributed by atoms with van der Waals surface area (Å²) in [5.41, 5.74) is 0.840. The van der Waals surface area contributed by atoms with Crippen molar-refractivity contribution in [1.29, 1.82) is 0 Å². The largest absolute Gasteiger partial charge is 0.371 e. The molecule has 0 saturated carbocycles. The molecule has 1 aliphatic rings. The van der Waals surface area contributed by atoms with Crippen LogP contribution in [0.1, 0.15) is 59.1 Å². The molecule has 1 saturated heterocycles. The van der Waals surface area contributed by atoms with Crippen molar-refractivity contribution < 1.29 is 9.53 Å². The van der Waals surface area contributed by atoms with Gasteiger partial charge in [-0.1, -0.05) is 36.0 Å². The van der Waals surface area contributed by atoms with Gasteiger partial charge < -0.3 is 9.30 Å². The zero-order valence-corrected chi connectivity index (χ0v) is 16.7. The molecule has 1 atom stereocenters. The molecule has 0 radical (unpaired) electrons. The van der Waals surface area contributed by atoms with Crippen molar-refractivity contribution in [2.24, 2.45) is 0 Å². The summed E-state index contributed by atoms with van der Waals surface area (Å²) in [6.07, 6.45) is 8.71. The maximum absolute atomic E-state index is 12.9. The van der Waals surface area contributed by atoms with Gasteiger partial charge in [0, 0.05) is 19.0 Å². The van der Waals surface area contributed by atoms with Crippen LogP contribution >= 0.6 is 22.7 Å². The van der Waals surface area contributed by atoms with Crippen molar-refractivity contribution in [3.63, 3.8) is 0 Å². The Kier molecular flexibility index (Phi) is 5.61. The standard InChI is InChI=1S/C18H21N5O2S2/c1-2-3-7-12-14(26-18(19-12)23-9-4-5-10-23)15(24)20-17-22-21-16(27-17)13-8-6-11-25-13/h4-5,9-10,13H,2-3,6-8,11H2,1H3,(H,20,22,24)/t13-/m0/s1. The zero-order valence-electron chi connectivity index (χ0n) is 15.1. The van der Waals surface area contributed by atoms with Gasteiger partial charge in [-0.15, -0.1) is 10.2 Å². The van der Waals surface area contributed by atoms with Crippen LogP contribution in [0.15, 0.2) is 24.5 Å². The first-order chi connectivity index (χ1) is 13.2. The highest BCUT2D eigenvalue weighted by Gasteiger charge is 2.24. The molecule has 0 bridgehead atoms. The highest BCUT2D eigenvalue weighted by molar-refractivity contribution is 7.17. The average molecular weight is 404 g/mol. The minimum absolute atomic E-state index is 0.0111. The van der Waals surface area contributed by atoms with E-state index in [9.17, 15) is 4.79 Å². The number of amides is 1. The number of anilines is 1. The fourth-order valence-corrected chi connectivity index (χ4v) is 4.74. The molecule has 1 aliphatic heterocycles. The highest BCUT2D eigenvalue weighted by Crippen LogP contribution is 2.32. The second kappa shape index (κ2) is 8.28. The zero-order chi connectivity index (χ0) is 18.6. The van der Waals surface area contributed by atoms with E-state index in [-0.39, 0.29) is 12.0 Å². The molecule has 1 N–H and O–H groups in total. The second-order valence-corrected chi connectivity index (χ2v) is 8.35. The normalized spacial score (nSPS) is 16.7. The first kappa shape index (κ1) is 18.3. The van der Waals surface area contributed by atoms with E-state index in [1.54, 1.807) is 0 Å². The second-order valence-electron chi connectivity index (χ2n) is 6.37. The Labute approximate surface area is 165 Å². The van der Waals surface area contributed by atoms with Crippen LogP contribution in [0.5, 0.6) is 0 Å². The molecule has 3 aromatic heterocycles. The highest BCUT2D eigenvalue weighted by atomic mass is 32.1. The summed E-state index contributed by atoms with van der Waals surface area (Å²) in [7, 11) is 0. The van der Waals surface area contributed by atoms with Crippen LogP contribution in [0.2, 0.25) is 0 Å². The summed E-state index contributed by atoms with van der Waals surface area (Å²) in [4.78, 5) is 18.2. The Bertz CT molecular complexity index is 897. The topological polar surface area (TPSA) is 81.9 Å². The predicted molar refractivity (Wildman–Crippen MR) is 106 cm³/mol. The quantitative estimate of drug-likeness (QED) is 0.638. The third-order valence-corrected chi connectivity index (χ3v) is 6.39. The lowest BCUT2D eigenvalue weighted by Crippen LogP contribution is -2.12. The minimum atomic E-state index is -0.174. The lowest BCUT2D eigenvalue weighted by atomic mass is 10.2. The van der Waals surface area contributed by atoms with Crippen molar-refractivity contribution in [2.75, 3.05) is 11.9 Å². The van der Waals surface area contributed by atoms with Crippen LogP contribution in [0.4, 0.5) is 5.13 Å². The van der Waals surface area contributed by atoms with Gasteiger partial charge in [-0.3, -0.25) is 10.1 Å². The summed E-state index contributed by atoms with van der Waals surface area (Å²) >= 11 is 2.78. The number of aryl methyl sites for hydroxylation is 1. The third-order valence-electron chi connectivity index (χ3n) is 4.35. The molecular weight excluding hydrogens is 382 g/mol. The Morgan fingerprint density at radius 3 is 2.93 bits per heavy atom. The lowest BCUT2D eigenvalue weighted by molar-refractivity contribution is 0.102. The molecule has 0 unspecified atom stereocenters. The van der Waals surface area contributed by atoms with Crippen molar-refractivity contribution >= 4 is 33.7 Å². The van der Waals surface area contributed by atoms with Gasteiger partial charge in [-0.25, -0.2) is 4.98 Å². The van der Waals surface area contributed by atoms with Gasteiger partial charge >= 0.3 is 0 Å². The number of unbranched alkanes of at least 4 members (excludes halogenated alkanes) is 1. The fourth-order valence-electron chi connectivity index (χ4n) is 2.94. The van der Waals surface area contributed by atoms with Crippen LogP contribution in [-0.2, 0) is 11.2 Å². The van der Waals surface area contributed by atoms with Gasteiger partial charge in [-0.05, 0) is 37.8 Å². The molecule has 4 rings (SSSR count). The van der Waals surface area contributed by atoms with Crippen LogP contribution in [0, 0.1) is 0 Å². The fraction of sp³-hybridized carbons (Fsp3) is 0.444. The number of hydrogen-bond donors (Lipinski definition) is 1. The van der Waals surface area contributed by atoms with Gasteiger partial charge in [0.25, 0.3) is 5.91 Å². The van der Waals surface area contributed by atoms with Gasteiger partial charge in [0.2, 0.25) is 5.13 Å². The van der Waals surface area contributed by atoms with Gasteiger partial charge in [0.1, 0.15) is 16.0 Å². The molecule has 0 spiro atoms. The summed E-state index contributed by atoms with van der Waals surface area (Å²) in [5.74, 6) is -0.174. The Hall–Kier alpha value is -2.10. The first-order valence-corrected chi connectivity index (χ1v) is 10.8. The molecule has 0 aromatic carbocycles. The number of ether oxygens (including phenoxy) is 1. The third kappa shape index (κ3) is 4.10. The lowest BCUT2D eigenvalue weighted by Gasteiger charge is -2.02. The summed E-state index contributed by atoms with van der Waals surface area (Å²) in [5, 5.41) is 13.3. The van der Waals surface area contributed by atoms with Crippen molar-refractivity contribution in [3.05, 3.63) is 40.1 Å². The average Bonchev–Trinajstić information content (AvgIpc) is 3.46. The van der Waals surface area contributed by atoms with Crippen molar-refractivity contribution in [2.45, 2.75) is 45.1 Å². The smallest absolute Gasteiger partial charge is 0.269 e. The Morgan fingerprint density at radius 2 is 2.19 bits per heavy atom. The van der Waals surface area contributed by atoms with E-state index in [1.807, 2.05) is 29.1 Å². The van der Waals surface area contributed by atoms with Gasteiger partial charge in [-0.2, -0.15) is 0 Å². The number of nitrogens with zero attached hydrogens (tertiary/aromatic N) is 4. The Balaban J connectivity index is 1.53. The molecule has 9 heteroatoms. The van der Waals surface area contributed by atoms with E-state index in [1.165, 1.54) is 22.7 Å². The maximum atomic E-state index is 12.9.